The predicted octanol–water partition coefficient (Wildman–Crippen LogP) is 3.27. The molecule has 10 nitrogen and oxygen atoms in total. The van der Waals surface area contributed by atoms with E-state index in [1.165, 1.54) is 24.3 Å². The van der Waals surface area contributed by atoms with E-state index in [9.17, 15) is 19.8 Å². The highest BCUT2D eigenvalue weighted by Gasteiger charge is 2.13. The Labute approximate surface area is 205 Å². The fourth-order valence-electron chi connectivity index (χ4n) is 3.77. The van der Waals surface area contributed by atoms with Crippen LogP contribution in [-0.2, 0) is 0 Å². The molecule has 6 N–H and O–H groups in total. The lowest BCUT2D eigenvalue weighted by molar-refractivity contribution is 0.0938. The third-order valence-electron chi connectivity index (χ3n) is 5.67. The normalized spacial score (nSPS) is 11.0. The van der Waals surface area contributed by atoms with Crippen LogP contribution in [0.3, 0.4) is 0 Å². The quantitative estimate of drug-likeness (QED) is 0.196. The van der Waals surface area contributed by atoms with Crippen LogP contribution in [0.15, 0.2) is 57.4 Å². The van der Waals surface area contributed by atoms with Gasteiger partial charge in [-0.2, -0.15) is 0 Å². The van der Waals surface area contributed by atoms with Crippen LogP contribution in [0, 0.1) is 10.8 Å². The second-order valence-electron chi connectivity index (χ2n) is 8.35. The molecule has 0 fully saturated rings. The Morgan fingerprint density at radius 2 is 1.08 bits per heavy atom. The first-order valence-electron chi connectivity index (χ1n) is 11.5. The third-order valence-corrected chi connectivity index (χ3v) is 5.67. The van der Waals surface area contributed by atoms with E-state index in [0.29, 0.717) is 35.0 Å². The largest absolute Gasteiger partial charge is 0.508 e. The molecule has 0 aliphatic heterocycles. The lowest BCUT2D eigenvalue weighted by atomic mass is 10.1. The molecule has 10 heteroatoms. The topological polar surface area (TPSA) is 173 Å². The summed E-state index contributed by atoms with van der Waals surface area (Å²) in [6.07, 6.45) is 3.14. The van der Waals surface area contributed by atoms with Gasteiger partial charge in [-0.1, -0.05) is 12.8 Å². The maximum atomic E-state index is 12.4. The van der Waals surface area contributed by atoms with E-state index in [1.54, 1.807) is 24.3 Å². The zero-order valence-electron chi connectivity index (χ0n) is 19.4. The van der Waals surface area contributed by atoms with Gasteiger partial charge in [0.2, 0.25) is 11.1 Å². The van der Waals surface area contributed by atoms with Gasteiger partial charge in [0, 0.05) is 36.0 Å². The average molecular weight is 491 g/mol. The first-order valence-corrected chi connectivity index (χ1v) is 11.5. The third kappa shape index (κ3) is 5.72. The number of carbonyl (C=O) groups excluding carboxylic acids is 2. The van der Waals surface area contributed by atoms with E-state index in [-0.39, 0.29) is 33.7 Å². The van der Waals surface area contributed by atoms with Crippen molar-refractivity contribution in [1.29, 1.82) is 10.8 Å². The molecule has 4 aromatic rings. The van der Waals surface area contributed by atoms with E-state index >= 15 is 0 Å². The lowest BCUT2D eigenvalue weighted by Crippen LogP contribution is -2.29. The Balaban J connectivity index is 1.17. The molecule has 2 amide bonds. The molecular weight excluding hydrogens is 464 g/mol. The first-order chi connectivity index (χ1) is 17.3. The Bertz CT molecular complexity index is 1440. The number of carbonyl (C=O) groups is 2. The van der Waals surface area contributed by atoms with Crippen LogP contribution >= 0.6 is 0 Å². The predicted molar refractivity (Wildman–Crippen MR) is 131 cm³/mol. The summed E-state index contributed by atoms with van der Waals surface area (Å²) in [5.41, 5.74) is 0.378. The van der Waals surface area contributed by atoms with Crippen LogP contribution in [0.5, 0.6) is 11.5 Å². The van der Waals surface area contributed by atoms with Gasteiger partial charge < -0.3 is 29.7 Å². The minimum Gasteiger partial charge on any atom is -0.508 e. The molecule has 0 bridgehead atoms. The van der Waals surface area contributed by atoms with Crippen LogP contribution < -0.4 is 21.7 Å². The molecule has 0 saturated carbocycles. The number of amides is 2. The fourth-order valence-corrected chi connectivity index (χ4v) is 3.77. The van der Waals surface area contributed by atoms with Crippen molar-refractivity contribution in [2.45, 2.75) is 25.7 Å². The number of phenolic OH excluding ortho intramolecular Hbond substituents is 2. The van der Waals surface area contributed by atoms with Crippen LogP contribution in [0.4, 0.5) is 0 Å². The molecule has 0 unspecified atom stereocenters. The van der Waals surface area contributed by atoms with Gasteiger partial charge in [0.05, 0.1) is 0 Å². The standard InChI is InChI=1S/C26H26N4O6/c27-23-19(11-15-5-7-17(31)13-21(15)35-23)25(33)29-9-3-1-2-4-10-30-26(34)20-12-16-6-8-18(32)14-22(16)36-24(20)28/h5-8,11-14,27-28,31-32H,1-4,9-10H2,(H,29,33)(H,30,34). The summed E-state index contributed by atoms with van der Waals surface area (Å²) in [4.78, 5) is 24.8. The van der Waals surface area contributed by atoms with Crippen LogP contribution in [-0.4, -0.2) is 35.1 Å². The first kappa shape index (κ1) is 24.5. The minimum absolute atomic E-state index is 0.0228. The highest BCUT2D eigenvalue weighted by atomic mass is 16.3. The number of rotatable bonds is 9. The number of hydrogen-bond acceptors (Lipinski definition) is 8. The smallest absolute Gasteiger partial charge is 0.256 e. The summed E-state index contributed by atoms with van der Waals surface area (Å²) in [5.74, 6) is -0.745. The maximum absolute atomic E-state index is 12.4. The molecule has 0 atom stereocenters. The van der Waals surface area contributed by atoms with E-state index in [1.807, 2.05) is 0 Å². The average Bonchev–Trinajstić information content (AvgIpc) is 2.84. The Morgan fingerprint density at radius 3 is 1.50 bits per heavy atom. The Kier molecular flexibility index (Phi) is 7.33. The molecule has 2 aromatic carbocycles. The number of aromatic hydroxyl groups is 2. The van der Waals surface area contributed by atoms with Crippen molar-refractivity contribution in [3.63, 3.8) is 0 Å². The molecule has 36 heavy (non-hydrogen) atoms. The zero-order valence-corrected chi connectivity index (χ0v) is 19.4. The van der Waals surface area contributed by atoms with Crippen LogP contribution in [0.25, 0.3) is 21.9 Å². The van der Waals surface area contributed by atoms with Crippen molar-refractivity contribution < 1.29 is 28.6 Å². The molecule has 0 spiro atoms. The Hall–Kier alpha value is -4.60. The fraction of sp³-hybridized carbons (Fsp3) is 0.231. The Morgan fingerprint density at radius 1 is 0.667 bits per heavy atom. The molecule has 2 heterocycles. The monoisotopic (exact) mass is 490 g/mol. The van der Waals surface area contributed by atoms with Crippen molar-refractivity contribution in [3.05, 3.63) is 70.8 Å². The van der Waals surface area contributed by atoms with Crippen molar-refractivity contribution in [2.75, 3.05) is 13.1 Å². The second kappa shape index (κ2) is 10.8. The van der Waals surface area contributed by atoms with Gasteiger partial charge >= 0.3 is 0 Å². The number of hydrogen-bond donors (Lipinski definition) is 6. The van der Waals surface area contributed by atoms with Gasteiger partial charge in [0.25, 0.3) is 11.8 Å². The highest BCUT2D eigenvalue weighted by Crippen LogP contribution is 2.20. The minimum atomic E-state index is -0.395. The van der Waals surface area contributed by atoms with Gasteiger partial charge in [0.1, 0.15) is 33.8 Å². The summed E-state index contributed by atoms with van der Waals surface area (Å²) in [5, 5.41) is 41.7. The number of nitrogens with one attached hydrogen (secondary N) is 4. The highest BCUT2D eigenvalue weighted by molar-refractivity contribution is 5.97. The molecule has 0 saturated heterocycles. The van der Waals surface area contributed by atoms with Crippen molar-refractivity contribution in [1.82, 2.24) is 10.6 Å². The van der Waals surface area contributed by atoms with E-state index in [0.717, 1.165) is 25.7 Å². The van der Waals surface area contributed by atoms with Gasteiger partial charge in [-0.25, -0.2) is 0 Å². The van der Waals surface area contributed by atoms with Gasteiger partial charge in [0.15, 0.2) is 0 Å². The van der Waals surface area contributed by atoms with E-state index < -0.39 is 11.8 Å². The summed E-state index contributed by atoms with van der Waals surface area (Å²) < 4.78 is 10.7. The summed E-state index contributed by atoms with van der Waals surface area (Å²) >= 11 is 0. The molecule has 4 rings (SSSR count). The maximum Gasteiger partial charge on any atom is 0.256 e. The van der Waals surface area contributed by atoms with E-state index in [4.69, 9.17) is 19.7 Å². The van der Waals surface area contributed by atoms with Gasteiger partial charge in [-0.3, -0.25) is 20.4 Å². The van der Waals surface area contributed by atoms with Crippen LogP contribution in [0.1, 0.15) is 46.4 Å². The van der Waals surface area contributed by atoms with Crippen LogP contribution in [0.2, 0.25) is 0 Å². The van der Waals surface area contributed by atoms with E-state index in [2.05, 4.69) is 10.6 Å². The molecule has 186 valence electrons. The number of unbranched alkanes of at least 4 members (excludes halogenated alkanes) is 3. The number of phenols is 2. The summed E-state index contributed by atoms with van der Waals surface area (Å²) in [6, 6.07) is 12.1. The van der Waals surface area contributed by atoms with Crippen molar-refractivity contribution >= 4 is 33.8 Å². The molecule has 0 aliphatic carbocycles. The number of fused-ring (bicyclic) bond motifs is 2. The molecule has 2 aromatic heterocycles. The zero-order chi connectivity index (χ0) is 25.7. The molecule has 0 radical (unpaired) electrons. The SMILES string of the molecule is N=c1oc2cc(O)ccc2cc1C(=O)NCCCCCCNC(=O)c1cc2ccc(O)cc2oc1=N. The number of benzene rings is 2. The summed E-state index contributed by atoms with van der Waals surface area (Å²) in [6.45, 7) is 0.878. The van der Waals surface area contributed by atoms with Crippen molar-refractivity contribution in [3.8, 4) is 11.5 Å². The molecular formula is C26H26N4O6. The van der Waals surface area contributed by atoms with Crippen molar-refractivity contribution in [2.24, 2.45) is 0 Å². The van der Waals surface area contributed by atoms with Gasteiger partial charge in [-0.15, -0.1) is 0 Å². The lowest BCUT2D eigenvalue weighted by Gasteiger charge is -2.08. The molecule has 0 aliphatic rings. The second-order valence-corrected chi connectivity index (χ2v) is 8.35. The summed E-state index contributed by atoms with van der Waals surface area (Å²) in [7, 11) is 0. The van der Waals surface area contributed by atoms with Gasteiger partial charge in [-0.05, 0) is 49.2 Å².